The van der Waals surface area contributed by atoms with E-state index < -0.39 is 5.91 Å². The van der Waals surface area contributed by atoms with E-state index in [1.54, 1.807) is 42.9 Å². The molecule has 4 N–H and O–H groups in total. The number of hydrogen-bond donors (Lipinski definition) is 4. The lowest BCUT2D eigenvalue weighted by Crippen LogP contribution is -2.47. The molecule has 1 aliphatic heterocycles. The van der Waals surface area contributed by atoms with Gasteiger partial charge < -0.3 is 15.5 Å². The maximum absolute atomic E-state index is 11.9. The number of benzene rings is 2. The number of hydrogen-bond acceptors (Lipinski definition) is 5. The lowest BCUT2D eigenvalue weighted by atomic mass is 10.1. The van der Waals surface area contributed by atoms with Crippen LogP contribution in [0.5, 0.6) is 0 Å². The number of nitrogens with one attached hydrogen (secondary N) is 3. The van der Waals surface area contributed by atoms with Gasteiger partial charge in [-0.1, -0.05) is 24.3 Å². The molecule has 3 amide bonds. The molecule has 1 saturated heterocycles. The summed E-state index contributed by atoms with van der Waals surface area (Å²) in [6.45, 7) is 0.572. The van der Waals surface area contributed by atoms with Crippen molar-refractivity contribution in [2.75, 3.05) is 18.9 Å². The summed E-state index contributed by atoms with van der Waals surface area (Å²) in [5.74, 6) is -0.988. The minimum absolute atomic E-state index is 0.0151. The minimum Gasteiger partial charge on any atom is -0.381 e. The highest BCUT2D eigenvalue weighted by Crippen LogP contribution is 2.16. The zero-order chi connectivity index (χ0) is 20.1. The van der Waals surface area contributed by atoms with Gasteiger partial charge in [0.25, 0.3) is 11.8 Å². The van der Waals surface area contributed by atoms with Crippen molar-refractivity contribution < 1.29 is 19.6 Å². The Balaban J connectivity index is 1.63. The third kappa shape index (κ3) is 4.36. The SMILES string of the molecule is CN1C(=O)CNC(=O)/C1=C/c1ccc(NCc2ccc(C(=O)NO)cc2)cc1. The zero-order valence-electron chi connectivity index (χ0n) is 15.2. The van der Waals surface area contributed by atoms with Crippen LogP contribution in [0.1, 0.15) is 21.5 Å². The first kappa shape index (κ1) is 19.1. The predicted molar refractivity (Wildman–Crippen MR) is 103 cm³/mol. The molecule has 0 aromatic heterocycles. The van der Waals surface area contributed by atoms with Gasteiger partial charge in [0.2, 0.25) is 5.91 Å². The topological polar surface area (TPSA) is 111 Å². The number of carbonyl (C=O) groups excluding carboxylic acids is 3. The van der Waals surface area contributed by atoms with Crippen molar-refractivity contribution in [3.63, 3.8) is 0 Å². The smallest absolute Gasteiger partial charge is 0.274 e. The Morgan fingerprint density at radius 1 is 1.14 bits per heavy atom. The molecule has 0 spiro atoms. The second-order valence-electron chi connectivity index (χ2n) is 6.28. The number of anilines is 1. The van der Waals surface area contributed by atoms with Crippen LogP contribution in [0.3, 0.4) is 0 Å². The number of hydroxylamine groups is 1. The molecule has 0 radical (unpaired) electrons. The highest BCUT2D eigenvalue weighted by molar-refractivity contribution is 6.05. The van der Waals surface area contributed by atoms with E-state index in [0.29, 0.717) is 17.8 Å². The van der Waals surface area contributed by atoms with Crippen LogP contribution in [0.25, 0.3) is 6.08 Å². The average molecular weight is 380 g/mol. The van der Waals surface area contributed by atoms with Gasteiger partial charge in [0.05, 0.1) is 6.54 Å². The van der Waals surface area contributed by atoms with E-state index in [1.807, 2.05) is 24.3 Å². The normalized spacial score (nSPS) is 15.4. The molecule has 1 fully saturated rings. The molecule has 2 aromatic carbocycles. The number of nitrogens with zero attached hydrogens (tertiary/aromatic N) is 1. The van der Waals surface area contributed by atoms with Gasteiger partial charge in [0, 0.05) is 24.8 Å². The van der Waals surface area contributed by atoms with Gasteiger partial charge in [-0.05, 0) is 41.5 Å². The number of likely N-dealkylation sites (N-methyl/N-ethyl adjacent to an activating group) is 1. The molecule has 0 unspecified atom stereocenters. The van der Waals surface area contributed by atoms with Gasteiger partial charge in [-0.3, -0.25) is 19.6 Å². The Labute approximate surface area is 161 Å². The molecule has 0 saturated carbocycles. The molecule has 0 bridgehead atoms. The Bertz CT molecular complexity index is 920. The van der Waals surface area contributed by atoms with Crippen LogP contribution in [0.2, 0.25) is 0 Å². The average Bonchev–Trinajstić information content (AvgIpc) is 2.73. The third-order valence-electron chi connectivity index (χ3n) is 4.40. The van der Waals surface area contributed by atoms with Crippen molar-refractivity contribution >= 4 is 29.5 Å². The fourth-order valence-electron chi connectivity index (χ4n) is 2.71. The predicted octanol–water partition coefficient (Wildman–Crippen LogP) is 1.35. The van der Waals surface area contributed by atoms with Crippen molar-refractivity contribution in [3.05, 3.63) is 70.9 Å². The highest BCUT2D eigenvalue weighted by Gasteiger charge is 2.25. The summed E-state index contributed by atoms with van der Waals surface area (Å²) in [5, 5.41) is 14.4. The van der Waals surface area contributed by atoms with Crippen LogP contribution in [0.15, 0.2) is 54.2 Å². The number of carbonyl (C=O) groups is 3. The van der Waals surface area contributed by atoms with Crippen LogP contribution in [-0.2, 0) is 16.1 Å². The Morgan fingerprint density at radius 2 is 1.82 bits per heavy atom. The molecule has 1 aliphatic rings. The van der Waals surface area contributed by atoms with Crippen LogP contribution < -0.4 is 16.1 Å². The van der Waals surface area contributed by atoms with E-state index in [1.165, 1.54) is 4.90 Å². The van der Waals surface area contributed by atoms with E-state index in [9.17, 15) is 14.4 Å². The highest BCUT2D eigenvalue weighted by atomic mass is 16.5. The Kier molecular flexibility index (Phi) is 5.71. The van der Waals surface area contributed by atoms with Crippen molar-refractivity contribution in [3.8, 4) is 0 Å². The molecular weight excluding hydrogens is 360 g/mol. The summed E-state index contributed by atoms with van der Waals surface area (Å²) in [7, 11) is 1.58. The lowest BCUT2D eigenvalue weighted by molar-refractivity contribution is -0.135. The van der Waals surface area contributed by atoms with E-state index in [4.69, 9.17) is 5.21 Å². The summed E-state index contributed by atoms with van der Waals surface area (Å²) in [6, 6.07) is 14.3. The summed E-state index contributed by atoms with van der Waals surface area (Å²) in [6.07, 6.45) is 1.67. The molecule has 0 atom stereocenters. The van der Waals surface area contributed by atoms with E-state index in [-0.39, 0.29) is 18.4 Å². The first-order valence-corrected chi connectivity index (χ1v) is 8.61. The summed E-state index contributed by atoms with van der Waals surface area (Å²) in [5.41, 5.74) is 4.94. The maximum Gasteiger partial charge on any atom is 0.274 e. The van der Waals surface area contributed by atoms with Crippen molar-refractivity contribution in [1.29, 1.82) is 0 Å². The third-order valence-corrected chi connectivity index (χ3v) is 4.40. The van der Waals surface area contributed by atoms with Gasteiger partial charge in [-0.25, -0.2) is 5.48 Å². The van der Waals surface area contributed by atoms with E-state index in [2.05, 4.69) is 10.6 Å². The van der Waals surface area contributed by atoms with Gasteiger partial charge in [0.15, 0.2) is 0 Å². The fraction of sp³-hybridized carbons (Fsp3) is 0.150. The summed E-state index contributed by atoms with van der Waals surface area (Å²) >= 11 is 0. The lowest BCUT2D eigenvalue weighted by Gasteiger charge is -2.25. The monoisotopic (exact) mass is 380 g/mol. The molecule has 28 heavy (non-hydrogen) atoms. The molecule has 8 heteroatoms. The largest absolute Gasteiger partial charge is 0.381 e. The molecular formula is C20H20N4O4. The minimum atomic E-state index is -0.553. The van der Waals surface area contributed by atoms with Crippen molar-refractivity contribution in [2.45, 2.75) is 6.54 Å². The fourth-order valence-corrected chi connectivity index (χ4v) is 2.71. The molecule has 8 nitrogen and oxygen atoms in total. The van der Waals surface area contributed by atoms with E-state index >= 15 is 0 Å². The molecule has 3 rings (SSSR count). The maximum atomic E-state index is 11.9. The Morgan fingerprint density at radius 3 is 2.46 bits per heavy atom. The summed E-state index contributed by atoms with van der Waals surface area (Å²) in [4.78, 5) is 36.3. The van der Waals surface area contributed by atoms with E-state index in [0.717, 1.165) is 16.8 Å². The first-order valence-electron chi connectivity index (χ1n) is 8.61. The Hall–Kier alpha value is -3.65. The van der Waals surface area contributed by atoms with Gasteiger partial charge in [-0.2, -0.15) is 0 Å². The van der Waals surface area contributed by atoms with Gasteiger partial charge in [-0.15, -0.1) is 0 Å². The number of amides is 3. The first-order chi connectivity index (χ1) is 13.5. The van der Waals surface area contributed by atoms with Crippen LogP contribution in [-0.4, -0.2) is 41.4 Å². The number of rotatable bonds is 5. The number of piperazine rings is 1. The van der Waals surface area contributed by atoms with Gasteiger partial charge in [0.1, 0.15) is 5.70 Å². The molecule has 144 valence electrons. The van der Waals surface area contributed by atoms with Crippen LogP contribution in [0, 0.1) is 0 Å². The quantitative estimate of drug-likeness (QED) is 0.356. The second-order valence-corrected chi connectivity index (χ2v) is 6.28. The van der Waals surface area contributed by atoms with Gasteiger partial charge >= 0.3 is 0 Å². The summed E-state index contributed by atoms with van der Waals surface area (Å²) < 4.78 is 0. The second kappa shape index (κ2) is 8.36. The van der Waals surface area contributed by atoms with Crippen molar-refractivity contribution in [1.82, 2.24) is 15.7 Å². The van der Waals surface area contributed by atoms with Crippen LogP contribution >= 0.6 is 0 Å². The molecule has 2 aromatic rings. The molecule has 1 heterocycles. The zero-order valence-corrected chi connectivity index (χ0v) is 15.2. The standard InChI is InChI=1S/C20H20N4O4/c1-24-17(20(27)22-12-18(24)25)10-13-4-8-16(9-5-13)21-11-14-2-6-15(7-3-14)19(26)23-28/h2-10,21,28H,11-12H2,1H3,(H,22,27)(H,23,26)/b17-10-. The van der Waals surface area contributed by atoms with Crippen molar-refractivity contribution in [2.24, 2.45) is 0 Å². The molecule has 0 aliphatic carbocycles. The van der Waals surface area contributed by atoms with Crippen LogP contribution in [0.4, 0.5) is 5.69 Å².